The third kappa shape index (κ3) is 2.33. The quantitative estimate of drug-likeness (QED) is 0.430. The molecule has 0 fully saturated rings. The van der Waals surface area contributed by atoms with E-state index in [4.69, 9.17) is 0 Å². The Morgan fingerprint density at radius 1 is 1.42 bits per heavy atom. The van der Waals surface area contributed by atoms with Gasteiger partial charge in [0.25, 0.3) is 0 Å². The Labute approximate surface area is 74.2 Å². The van der Waals surface area contributed by atoms with E-state index >= 15 is 0 Å². The summed E-state index contributed by atoms with van der Waals surface area (Å²) >= 11 is 0. The van der Waals surface area contributed by atoms with Gasteiger partial charge in [-0.3, -0.25) is 4.79 Å². The monoisotopic (exact) mass is 164 g/mol. The average Bonchev–Trinajstić information content (AvgIpc) is 1.82. The van der Waals surface area contributed by atoms with Crippen molar-refractivity contribution in [3.8, 4) is 0 Å². The number of rotatable bonds is 1. The van der Waals surface area contributed by atoms with Crippen LogP contribution in [0, 0.1) is 5.41 Å². The summed E-state index contributed by atoms with van der Waals surface area (Å²) in [7, 11) is 0. The Morgan fingerprint density at radius 2 is 2.08 bits per heavy atom. The molecule has 1 aliphatic carbocycles. The van der Waals surface area contributed by atoms with Gasteiger partial charge in [0.1, 0.15) is 6.29 Å². The Bertz CT molecular complexity index is 244. The lowest BCUT2D eigenvalue weighted by Gasteiger charge is -2.29. The van der Waals surface area contributed by atoms with Crippen LogP contribution in [0.15, 0.2) is 23.3 Å². The minimum absolute atomic E-state index is 0.327. The van der Waals surface area contributed by atoms with Crippen molar-refractivity contribution in [2.24, 2.45) is 5.41 Å². The molecule has 0 aromatic rings. The van der Waals surface area contributed by atoms with Crippen molar-refractivity contribution < 1.29 is 4.79 Å². The normalized spacial score (nSPS) is 25.2. The number of allylic oxidation sites excluding steroid dienone is 4. The van der Waals surface area contributed by atoms with E-state index in [1.807, 2.05) is 0 Å². The maximum absolute atomic E-state index is 10.3. The summed E-state index contributed by atoms with van der Waals surface area (Å²) in [6.07, 6.45) is 6.83. The molecule has 0 heterocycles. The highest BCUT2D eigenvalue weighted by Gasteiger charge is 2.23. The van der Waals surface area contributed by atoms with E-state index in [0.29, 0.717) is 5.41 Å². The average molecular weight is 164 g/mol. The van der Waals surface area contributed by atoms with Crippen molar-refractivity contribution in [3.05, 3.63) is 23.3 Å². The lowest BCUT2D eigenvalue weighted by molar-refractivity contribution is -0.104. The van der Waals surface area contributed by atoms with Crippen molar-refractivity contribution in [2.75, 3.05) is 0 Å². The molecule has 12 heavy (non-hydrogen) atoms. The van der Waals surface area contributed by atoms with Gasteiger partial charge in [0.2, 0.25) is 0 Å². The van der Waals surface area contributed by atoms with E-state index in [9.17, 15) is 4.79 Å². The summed E-state index contributed by atoms with van der Waals surface area (Å²) in [6, 6.07) is 0. The Balaban J connectivity index is 2.88. The molecule has 1 aliphatic rings. The number of aldehydes is 1. The second-order valence-electron chi connectivity index (χ2n) is 4.39. The first-order valence-corrected chi connectivity index (χ1v) is 4.35. The van der Waals surface area contributed by atoms with Gasteiger partial charge >= 0.3 is 0 Å². The van der Waals surface area contributed by atoms with Gasteiger partial charge < -0.3 is 0 Å². The molecule has 0 radical (unpaired) electrons. The molecule has 0 aliphatic heterocycles. The van der Waals surface area contributed by atoms with Crippen molar-refractivity contribution >= 4 is 6.29 Å². The summed E-state index contributed by atoms with van der Waals surface area (Å²) in [5.74, 6) is 0. The lowest BCUT2D eigenvalue weighted by Crippen LogP contribution is -2.16. The highest BCUT2D eigenvalue weighted by atomic mass is 16.1. The molecule has 1 heteroatoms. The van der Waals surface area contributed by atoms with Crippen LogP contribution in [0.3, 0.4) is 0 Å². The first-order valence-electron chi connectivity index (χ1n) is 4.35. The Morgan fingerprint density at radius 3 is 2.58 bits per heavy atom. The standard InChI is InChI=1S/C11H16O/c1-9-6-10(4-5-12)8-11(2,3)7-9/h4-6H,7-8H2,1-3H3/b10-4-. The summed E-state index contributed by atoms with van der Waals surface area (Å²) in [6.45, 7) is 6.60. The third-order valence-corrected chi connectivity index (χ3v) is 2.15. The molecule has 0 unspecified atom stereocenters. The van der Waals surface area contributed by atoms with E-state index < -0.39 is 0 Å². The fourth-order valence-electron chi connectivity index (χ4n) is 1.98. The number of hydrogen-bond donors (Lipinski definition) is 0. The van der Waals surface area contributed by atoms with Crippen molar-refractivity contribution in [2.45, 2.75) is 33.6 Å². The molecule has 0 bridgehead atoms. The van der Waals surface area contributed by atoms with Gasteiger partial charge in [0.15, 0.2) is 0 Å². The Hall–Kier alpha value is -0.850. The SMILES string of the molecule is CC1=C/C(=C/C=O)CC(C)(C)C1. The largest absolute Gasteiger partial charge is 0.299 e. The topological polar surface area (TPSA) is 17.1 Å². The van der Waals surface area contributed by atoms with Crippen LogP contribution in [0.2, 0.25) is 0 Å². The van der Waals surface area contributed by atoms with E-state index in [2.05, 4.69) is 26.8 Å². The van der Waals surface area contributed by atoms with Crippen LogP contribution in [0.5, 0.6) is 0 Å². The molecule has 0 aromatic heterocycles. The van der Waals surface area contributed by atoms with Gasteiger partial charge in [-0.2, -0.15) is 0 Å². The van der Waals surface area contributed by atoms with Crippen LogP contribution in [-0.2, 0) is 4.79 Å². The van der Waals surface area contributed by atoms with Crippen LogP contribution in [0.25, 0.3) is 0 Å². The number of hydrogen-bond acceptors (Lipinski definition) is 1. The van der Waals surface area contributed by atoms with Crippen LogP contribution >= 0.6 is 0 Å². The van der Waals surface area contributed by atoms with E-state index in [1.54, 1.807) is 6.08 Å². The number of carbonyl (C=O) groups excluding carboxylic acids is 1. The van der Waals surface area contributed by atoms with Gasteiger partial charge in [0, 0.05) is 0 Å². The summed E-state index contributed by atoms with van der Waals surface area (Å²) in [4.78, 5) is 10.3. The highest BCUT2D eigenvalue weighted by molar-refractivity contribution is 5.67. The van der Waals surface area contributed by atoms with Gasteiger partial charge in [-0.05, 0) is 36.8 Å². The molecule has 0 atom stereocenters. The summed E-state index contributed by atoms with van der Waals surface area (Å²) in [5.41, 5.74) is 2.87. The first kappa shape index (κ1) is 9.24. The molecule has 0 saturated heterocycles. The van der Waals surface area contributed by atoms with Gasteiger partial charge in [0.05, 0.1) is 0 Å². The van der Waals surface area contributed by atoms with Crippen molar-refractivity contribution in [1.82, 2.24) is 0 Å². The summed E-state index contributed by atoms with van der Waals surface area (Å²) < 4.78 is 0. The lowest BCUT2D eigenvalue weighted by atomic mass is 9.76. The first-order chi connectivity index (χ1) is 5.53. The van der Waals surface area contributed by atoms with Gasteiger partial charge in [-0.1, -0.05) is 25.5 Å². The molecule has 1 nitrogen and oxygen atoms in total. The fraction of sp³-hybridized carbons (Fsp3) is 0.545. The summed E-state index contributed by atoms with van der Waals surface area (Å²) in [5, 5.41) is 0. The van der Waals surface area contributed by atoms with Gasteiger partial charge in [-0.15, -0.1) is 0 Å². The second kappa shape index (κ2) is 3.26. The molecular formula is C11H16O. The zero-order valence-corrected chi connectivity index (χ0v) is 8.05. The maximum atomic E-state index is 10.3. The van der Waals surface area contributed by atoms with Crippen LogP contribution < -0.4 is 0 Å². The number of carbonyl (C=O) groups is 1. The predicted octanol–water partition coefficient (Wildman–Crippen LogP) is 2.88. The minimum Gasteiger partial charge on any atom is -0.299 e. The van der Waals surface area contributed by atoms with E-state index in [-0.39, 0.29) is 0 Å². The molecule has 0 N–H and O–H groups in total. The van der Waals surface area contributed by atoms with E-state index in [0.717, 1.165) is 19.1 Å². The molecule has 0 spiro atoms. The van der Waals surface area contributed by atoms with Gasteiger partial charge in [-0.25, -0.2) is 0 Å². The Kier molecular flexibility index (Phi) is 2.51. The minimum atomic E-state index is 0.327. The predicted molar refractivity (Wildman–Crippen MR) is 50.9 cm³/mol. The molecular weight excluding hydrogens is 148 g/mol. The molecule has 66 valence electrons. The highest BCUT2D eigenvalue weighted by Crippen LogP contribution is 2.37. The van der Waals surface area contributed by atoms with Crippen LogP contribution in [0.1, 0.15) is 33.6 Å². The molecule has 0 saturated carbocycles. The third-order valence-electron chi connectivity index (χ3n) is 2.15. The second-order valence-corrected chi connectivity index (χ2v) is 4.39. The zero-order chi connectivity index (χ0) is 9.19. The molecule has 0 amide bonds. The molecule has 1 rings (SSSR count). The van der Waals surface area contributed by atoms with E-state index in [1.165, 1.54) is 11.1 Å². The fourth-order valence-corrected chi connectivity index (χ4v) is 1.98. The zero-order valence-electron chi connectivity index (χ0n) is 8.05. The smallest absolute Gasteiger partial charge is 0.143 e. The van der Waals surface area contributed by atoms with Crippen LogP contribution in [-0.4, -0.2) is 6.29 Å². The molecule has 0 aromatic carbocycles. The van der Waals surface area contributed by atoms with Crippen LogP contribution in [0.4, 0.5) is 0 Å². The van der Waals surface area contributed by atoms with Crippen molar-refractivity contribution in [1.29, 1.82) is 0 Å². The van der Waals surface area contributed by atoms with Crippen molar-refractivity contribution in [3.63, 3.8) is 0 Å². The maximum Gasteiger partial charge on any atom is 0.143 e.